The van der Waals surface area contributed by atoms with Gasteiger partial charge in [0.25, 0.3) is 5.91 Å². The molecule has 0 spiro atoms. The van der Waals surface area contributed by atoms with Crippen LogP contribution in [0.15, 0.2) is 72.8 Å². The molecule has 0 fully saturated rings. The van der Waals surface area contributed by atoms with Crippen molar-refractivity contribution in [1.82, 2.24) is 10.2 Å². The predicted molar refractivity (Wildman–Crippen MR) is 143 cm³/mol. The molecule has 0 aliphatic heterocycles. The van der Waals surface area contributed by atoms with Crippen LogP contribution in [0.5, 0.6) is 11.5 Å². The van der Waals surface area contributed by atoms with Crippen molar-refractivity contribution in [2.75, 3.05) is 20.3 Å². The lowest BCUT2D eigenvalue weighted by Gasteiger charge is -2.32. The van der Waals surface area contributed by atoms with E-state index in [9.17, 15) is 9.59 Å². The van der Waals surface area contributed by atoms with Crippen LogP contribution in [0.2, 0.25) is 10.0 Å². The summed E-state index contributed by atoms with van der Waals surface area (Å²) in [4.78, 5) is 28.4. The minimum Gasteiger partial charge on any atom is -0.497 e. The first-order valence-corrected chi connectivity index (χ1v) is 12.5. The molecule has 0 bridgehead atoms. The van der Waals surface area contributed by atoms with Gasteiger partial charge >= 0.3 is 0 Å². The van der Waals surface area contributed by atoms with E-state index in [4.69, 9.17) is 32.7 Å². The van der Waals surface area contributed by atoms with Gasteiger partial charge in [-0.2, -0.15) is 0 Å². The third-order valence-corrected chi connectivity index (χ3v) is 6.34. The smallest absolute Gasteiger partial charge is 0.261 e. The summed E-state index contributed by atoms with van der Waals surface area (Å²) >= 11 is 12.9. The third kappa shape index (κ3) is 7.64. The van der Waals surface area contributed by atoms with Crippen LogP contribution in [-0.2, 0) is 22.6 Å². The van der Waals surface area contributed by atoms with Crippen LogP contribution in [0.4, 0.5) is 0 Å². The summed E-state index contributed by atoms with van der Waals surface area (Å²) in [7, 11) is 1.58. The summed E-state index contributed by atoms with van der Waals surface area (Å²) in [6.45, 7) is 2.27. The average molecular weight is 529 g/mol. The maximum absolute atomic E-state index is 13.6. The lowest BCUT2D eigenvalue weighted by atomic mass is 10.0. The van der Waals surface area contributed by atoms with Gasteiger partial charge in [0.2, 0.25) is 5.91 Å². The minimum absolute atomic E-state index is 0.0559. The Morgan fingerprint density at radius 2 is 1.56 bits per heavy atom. The maximum atomic E-state index is 13.6. The Bertz CT molecular complexity index is 1120. The van der Waals surface area contributed by atoms with Crippen LogP contribution in [0.1, 0.15) is 24.5 Å². The van der Waals surface area contributed by atoms with Crippen LogP contribution in [-0.4, -0.2) is 43.0 Å². The second-order valence-corrected chi connectivity index (χ2v) is 9.00. The third-order valence-electron chi connectivity index (χ3n) is 5.63. The first kappa shape index (κ1) is 27.4. The van der Waals surface area contributed by atoms with E-state index in [1.54, 1.807) is 49.6 Å². The molecule has 0 heterocycles. The fraction of sp³-hybridized carbons (Fsp3) is 0.286. The zero-order valence-electron chi connectivity index (χ0n) is 20.4. The van der Waals surface area contributed by atoms with E-state index in [2.05, 4.69) is 5.32 Å². The number of nitrogens with zero attached hydrogens (tertiary/aromatic N) is 1. The van der Waals surface area contributed by atoms with Crippen LogP contribution < -0.4 is 14.8 Å². The van der Waals surface area contributed by atoms with Crippen molar-refractivity contribution in [3.63, 3.8) is 0 Å². The molecule has 2 amide bonds. The van der Waals surface area contributed by atoms with Gasteiger partial charge in [0.05, 0.1) is 7.11 Å². The highest BCUT2D eigenvalue weighted by Crippen LogP contribution is 2.27. The van der Waals surface area contributed by atoms with Gasteiger partial charge in [-0.3, -0.25) is 9.59 Å². The molecule has 3 aromatic rings. The highest BCUT2D eigenvalue weighted by Gasteiger charge is 2.31. The summed E-state index contributed by atoms with van der Waals surface area (Å²) in [6.07, 6.45) is 1.10. The Morgan fingerprint density at radius 1 is 0.917 bits per heavy atom. The number of methoxy groups -OCH3 is 1. The normalized spacial score (nSPS) is 11.4. The van der Waals surface area contributed by atoms with Gasteiger partial charge in [-0.05, 0) is 48.4 Å². The first-order valence-electron chi connectivity index (χ1n) is 11.7. The molecule has 0 aliphatic rings. The molecule has 0 saturated carbocycles. The number of hydrogen-bond donors (Lipinski definition) is 1. The molecule has 0 radical (unpaired) electrons. The molecular formula is C28H30Cl2N2O4. The number of ether oxygens (including phenoxy) is 2. The van der Waals surface area contributed by atoms with E-state index < -0.39 is 6.04 Å². The summed E-state index contributed by atoms with van der Waals surface area (Å²) < 4.78 is 10.9. The molecular weight excluding hydrogens is 499 g/mol. The lowest BCUT2D eigenvalue weighted by molar-refractivity contribution is -0.142. The van der Waals surface area contributed by atoms with Gasteiger partial charge < -0.3 is 19.7 Å². The molecule has 0 aliphatic carbocycles. The lowest BCUT2D eigenvalue weighted by Crippen LogP contribution is -2.51. The molecule has 0 aromatic heterocycles. The quantitative estimate of drug-likeness (QED) is 0.334. The van der Waals surface area contributed by atoms with Crippen LogP contribution in [0.3, 0.4) is 0 Å². The Morgan fingerprint density at radius 3 is 2.17 bits per heavy atom. The van der Waals surface area contributed by atoms with Crippen LogP contribution in [0.25, 0.3) is 0 Å². The summed E-state index contributed by atoms with van der Waals surface area (Å²) in [5.41, 5.74) is 1.49. The van der Waals surface area contributed by atoms with Gasteiger partial charge in [-0.25, -0.2) is 0 Å². The van der Waals surface area contributed by atoms with E-state index >= 15 is 0 Å². The monoisotopic (exact) mass is 528 g/mol. The van der Waals surface area contributed by atoms with Gasteiger partial charge in [-0.15, -0.1) is 0 Å². The minimum atomic E-state index is -0.793. The van der Waals surface area contributed by atoms with Crippen molar-refractivity contribution < 1.29 is 19.1 Å². The fourth-order valence-electron chi connectivity index (χ4n) is 3.67. The number of carbonyl (C=O) groups excluding carboxylic acids is 2. The van der Waals surface area contributed by atoms with Crippen molar-refractivity contribution in [2.24, 2.45) is 0 Å². The molecule has 190 valence electrons. The Kier molecular flexibility index (Phi) is 10.5. The van der Waals surface area contributed by atoms with Crippen molar-refractivity contribution in [1.29, 1.82) is 0 Å². The molecule has 3 aromatic carbocycles. The number of rotatable bonds is 12. The Labute approximate surface area is 222 Å². The van der Waals surface area contributed by atoms with Crippen molar-refractivity contribution in [3.05, 3.63) is 94.0 Å². The SMILES string of the molecule is CCCNC(=O)[C@H](Cc1ccccc1)N(Cc1c(Cl)cccc1Cl)C(=O)COc1ccc(OC)cc1. The summed E-state index contributed by atoms with van der Waals surface area (Å²) in [5, 5.41) is 3.78. The van der Waals surface area contributed by atoms with Gasteiger partial charge in [0.1, 0.15) is 17.5 Å². The summed E-state index contributed by atoms with van der Waals surface area (Å²) in [6, 6.07) is 20.9. The molecule has 3 rings (SSSR count). The van der Waals surface area contributed by atoms with E-state index in [0.29, 0.717) is 40.1 Å². The zero-order valence-corrected chi connectivity index (χ0v) is 21.9. The fourth-order valence-corrected chi connectivity index (χ4v) is 4.19. The predicted octanol–water partition coefficient (Wildman–Crippen LogP) is 5.55. The van der Waals surface area contributed by atoms with E-state index in [1.807, 2.05) is 37.3 Å². The van der Waals surface area contributed by atoms with Gasteiger partial charge in [0.15, 0.2) is 6.61 Å². The molecule has 6 nitrogen and oxygen atoms in total. The van der Waals surface area contributed by atoms with Crippen molar-refractivity contribution in [2.45, 2.75) is 32.4 Å². The summed E-state index contributed by atoms with van der Waals surface area (Å²) in [5.74, 6) is 0.574. The standard InChI is InChI=1S/C28H30Cl2N2O4/c1-3-16-31-28(34)26(17-20-8-5-4-6-9-20)32(18-23-24(29)10-7-11-25(23)30)27(33)19-36-22-14-12-21(35-2)13-15-22/h4-15,26H,3,16-19H2,1-2H3,(H,31,34)/t26-/m0/s1. The number of nitrogens with one attached hydrogen (secondary N) is 1. The molecule has 36 heavy (non-hydrogen) atoms. The maximum Gasteiger partial charge on any atom is 0.261 e. The molecule has 0 unspecified atom stereocenters. The average Bonchev–Trinajstić information content (AvgIpc) is 2.90. The highest BCUT2D eigenvalue weighted by molar-refractivity contribution is 6.36. The zero-order chi connectivity index (χ0) is 25.9. The number of carbonyl (C=O) groups is 2. The highest BCUT2D eigenvalue weighted by atomic mass is 35.5. The van der Waals surface area contributed by atoms with E-state index in [-0.39, 0.29) is 25.0 Å². The number of benzene rings is 3. The topological polar surface area (TPSA) is 67.9 Å². The molecule has 1 N–H and O–H groups in total. The number of amides is 2. The van der Waals surface area contributed by atoms with Gasteiger partial charge in [-0.1, -0.05) is 66.5 Å². The second-order valence-electron chi connectivity index (χ2n) is 8.18. The number of hydrogen-bond acceptors (Lipinski definition) is 4. The first-order chi connectivity index (χ1) is 17.4. The number of halogens is 2. The largest absolute Gasteiger partial charge is 0.497 e. The van der Waals surface area contributed by atoms with Crippen LogP contribution in [0, 0.1) is 0 Å². The van der Waals surface area contributed by atoms with Crippen LogP contribution >= 0.6 is 23.2 Å². The van der Waals surface area contributed by atoms with Crippen molar-refractivity contribution >= 4 is 35.0 Å². The molecule has 8 heteroatoms. The second kappa shape index (κ2) is 13.8. The van der Waals surface area contributed by atoms with E-state index in [0.717, 1.165) is 12.0 Å². The molecule has 0 saturated heterocycles. The van der Waals surface area contributed by atoms with Gasteiger partial charge in [0, 0.05) is 35.1 Å². The Balaban J connectivity index is 1.92. The Hall–Kier alpha value is -3.22. The molecule has 1 atom stereocenters. The van der Waals surface area contributed by atoms with E-state index in [1.165, 1.54) is 4.90 Å². The van der Waals surface area contributed by atoms with Crippen molar-refractivity contribution in [3.8, 4) is 11.5 Å².